The second-order valence-corrected chi connectivity index (χ2v) is 5.10. The van der Waals surface area contributed by atoms with Crippen LogP contribution in [0.3, 0.4) is 0 Å². The van der Waals surface area contributed by atoms with Gasteiger partial charge in [-0.25, -0.2) is 0 Å². The highest BCUT2D eigenvalue weighted by Crippen LogP contribution is 2.12. The Morgan fingerprint density at radius 2 is 1.95 bits per heavy atom. The highest BCUT2D eigenvalue weighted by molar-refractivity contribution is 6.30. The molecule has 116 valence electrons. The molecule has 1 unspecified atom stereocenters. The van der Waals surface area contributed by atoms with Crippen LogP contribution < -0.4 is 0 Å². The first-order valence-corrected chi connectivity index (χ1v) is 7.20. The summed E-state index contributed by atoms with van der Waals surface area (Å²) in [4.78, 5) is 25.2. The van der Waals surface area contributed by atoms with Gasteiger partial charge in [-0.2, -0.15) is 0 Å². The summed E-state index contributed by atoms with van der Waals surface area (Å²) in [6, 6.07) is 6.48. The molecule has 0 aliphatic heterocycles. The lowest BCUT2D eigenvalue weighted by Gasteiger charge is -2.23. The molecule has 0 saturated heterocycles. The first-order chi connectivity index (χ1) is 9.93. The average Bonchev–Trinajstić information content (AvgIpc) is 2.43. The SMILES string of the molecule is CCOC(=O)CCN(CC(C)O)C(=O)c1ccc(Cl)cc1. The van der Waals surface area contributed by atoms with Crippen LogP contribution in [-0.2, 0) is 9.53 Å². The van der Waals surface area contributed by atoms with Crippen LogP contribution in [0.25, 0.3) is 0 Å². The fourth-order valence-corrected chi connectivity index (χ4v) is 1.96. The molecule has 0 aromatic heterocycles. The zero-order valence-corrected chi connectivity index (χ0v) is 13.0. The van der Waals surface area contributed by atoms with Crippen molar-refractivity contribution in [1.82, 2.24) is 4.90 Å². The number of carbonyl (C=O) groups is 2. The third-order valence-corrected chi connectivity index (χ3v) is 3.01. The summed E-state index contributed by atoms with van der Waals surface area (Å²) in [7, 11) is 0. The normalized spacial score (nSPS) is 11.8. The number of aliphatic hydroxyl groups is 1. The number of halogens is 1. The molecule has 1 atom stereocenters. The van der Waals surface area contributed by atoms with E-state index >= 15 is 0 Å². The van der Waals surface area contributed by atoms with Crippen LogP contribution >= 0.6 is 11.6 Å². The van der Waals surface area contributed by atoms with Gasteiger partial charge in [0.05, 0.1) is 19.1 Å². The van der Waals surface area contributed by atoms with Crippen molar-refractivity contribution >= 4 is 23.5 Å². The van der Waals surface area contributed by atoms with Gasteiger partial charge in [0.15, 0.2) is 0 Å². The van der Waals surface area contributed by atoms with Gasteiger partial charge in [0, 0.05) is 23.7 Å². The molecule has 1 amide bonds. The van der Waals surface area contributed by atoms with Gasteiger partial charge in [-0.05, 0) is 38.1 Å². The Bertz CT molecular complexity index is 473. The number of nitrogens with zero attached hydrogens (tertiary/aromatic N) is 1. The van der Waals surface area contributed by atoms with E-state index < -0.39 is 6.10 Å². The molecule has 5 nitrogen and oxygen atoms in total. The van der Waals surface area contributed by atoms with E-state index in [0.29, 0.717) is 17.2 Å². The molecule has 0 heterocycles. The molecular weight excluding hydrogens is 294 g/mol. The minimum Gasteiger partial charge on any atom is -0.466 e. The van der Waals surface area contributed by atoms with Crippen molar-refractivity contribution in [3.63, 3.8) is 0 Å². The smallest absolute Gasteiger partial charge is 0.307 e. The fraction of sp³-hybridized carbons (Fsp3) is 0.467. The number of amides is 1. The van der Waals surface area contributed by atoms with E-state index in [4.69, 9.17) is 16.3 Å². The second-order valence-electron chi connectivity index (χ2n) is 4.66. The van der Waals surface area contributed by atoms with Crippen LogP contribution in [0.5, 0.6) is 0 Å². The fourth-order valence-electron chi connectivity index (χ4n) is 1.83. The molecule has 0 bridgehead atoms. The molecule has 0 aliphatic rings. The number of hydrogen-bond acceptors (Lipinski definition) is 4. The van der Waals surface area contributed by atoms with E-state index in [9.17, 15) is 14.7 Å². The maximum absolute atomic E-state index is 12.4. The Hall–Kier alpha value is -1.59. The minimum absolute atomic E-state index is 0.0971. The Balaban J connectivity index is 2.74. The van der Waals surface area contributed by atoms with E-state index in [0.717, 1.165) is 0 Å². The topological polar surface area (TPSA) is 66.8 Å². The molecule has 0 radical (unpaired) electrons. The highest BCUT2D eigenvalue weighted by atomic mass is 35.5. The largest absolute Gasteiger partial charge is 0.466 e. The quantitative estimate of drug-likeness (QED) is 0.783. The molecule has 0 saturated carbocycles. The number of benzene rings is 1. The van der Waals surface area contributed by atoms with Gasteiger partial charge in [-0.3, -0.25) is 9.59 Å². The van der Waals surface area contributed by atoms with Crippen molar-refractivity contribution in [1.29, 1.82) is 0 Å². The summed E-state index contributed by atoms with van der Waals surface area (Å²) in [6.07, 6.45) is -0.580. The third-order valence-electron chi connectivity index (χ3n) is 2.75. The number of rotatable bonds is 7. The summed E-state index contributed by atoms with van der Waals surface area (Å²) < 4.78 is 4.84. The number of aliphatic hydroxyl groups excluding tert-OH is 1. The Morgan fingerprint density at radius 1 is 1.33 bits per heavy atom. The van der Waals surface area contributed by atoms with E-state index in [1.165, 1.54) is 4.90 Å². The van der Waals surface area contributed by atoms with Gasteiger partial charge < -0.3 is 14.7 Å². The van der Waals surface area contributed by atoms with Gasteiger partial charge in [0.25, 0.3) is 5.91 Å². The Labute approximate surface area is 129 Å². The van der Waals surface area contributed by atoms with Crippen molar-refractivity contribution in [2.24, 2.45) is 0 Å². The number of carbonyl (C=O) groups excluding carboxylic acids is 2. The van der Waals surface area contributed by atoms with Crippen LogP contribution in [0.1, 0.15) is 30.6 Å². The third kappa shape index (κ3) is 6.14. The minimum atomic E-state index is -0.677. The predicted octanol–water partition coefficient (Wildman–Crippen LogP) is 2.12. The summed E-state index contributed by atoms with van der Waals surface area (Å²) in [5, 5.41) is 10.0. The molecule has 1 rings (SSSR count). The van der Waals surface area contributed by atoms with Crippen LogP contribution in [0.15, 0.2) is 24.3 Å². The molecule has 21 heavy (non-hydrogen) atoms. The summed E-state index contributed by atoms with van der Waals surface area (Å²) >= 11 is 5.79. The maximum Gasteiger partial charge on any atom is 0.307 e. The average molecular weight is 314 g/mol. The molecule has 0 fully saturated rings. The van der Waals surface area contributed by atoms with Crippen molar-refractivity contribution in [2.45, 2.75) is 26.4 Å². The predicted molar refractivity (Wildman–Crippen MR) is 80.3 cm³/mol. The molecule has 1 aromatic carbocycles. The zero-order valence-electron chi connectivity index (χ0n) is 12.2. The first-order valence-electron chi connectivity index (χ1n) is 6.82. The van der Waals surface area contributed by atoms with Gasteiger partial charge in [0.2, 0.25) is 0 Å². The highest BCUT2D eigenvalue weighted by Gasteiger charge is 2.18. The van der Waals surface area contributed by atoms with Crippen molar-refractivity contribution in [2.75, 3.05) is 19.7 Å². The zero-order chi connectivity index (χ0) is 15.8. The first kappa shape index (κ1) is 17.5. The lowest BCUT2D eigenvalue weighted by molar-refractivity contribution is -0.143. The molecule has 0 spiro atoms. The van der Waals surface area contributed by atoms with Crippen molar-refractivity contribution < 1.29 is 19.4 Å². The Morgan fingerprint density at radius 3 is 2.48 bits per heavy atom. The van der Waals surface area contributed by atoms with E-state index in [2.05, 4.69) is 0 Å². The lowest BCUT2D eigenvalue weighted by atomic mass is 10.2. The number of ether oxygens (including phenoxy) is 1. The lowest BCUT2D eigenvalue weighted by Crippen LogP contribution is -2.38. The summed E-state index contributed by atoms with van der Waals surface area (Å²) in [6.45, 7) is 3.98. The standard InChI is InChI=1S/C15H20ClNO4/c1-3-21-14(19)8-9-17(10-11(2)18)15(20)12-4-6-13(16)7-5-12/h4-7,11,18H,3,8-10H2,1-2H3. The monoisotopic (exact) mass is 313 g/mol. The van der Waals surface area contributed by atoms with Crippen molar-refractivity contribution in [3.05, 3.63) is 34.9 Å². The molecule has 0 aliphatic carbocycles. The van der Waals surface area contributed by atoms with E-state index in [1.54, 1.807) is 38.1 Å². The summed E-state index contributed by atoms with van der Waals surface area (Å²) in [5.41, 5.74) is 0.462. The van der Waals surface area contributed by atoms with Gasteiger partial charge in [-0.1, -0.05) is 11.6 Å². The van der Waals surface area contributed by atoms with Gasteiger partial charge in [0.1, 0.15) is 0 Å². The molecular formula is C15H20ClNO4. The van der Waals surface area contributed by atoms with Crippen LogP contribution in [0.4, 0.5) is 0 Å². The molecule has 1 aromatic rings. The number of esters is 1. The number of hydrogen-bond donors (Lipinski definition) is 1. The Kier molecular flexibility index (Phi) is 7.19. The van der Waals surface area contributed by atoms with Gasteiger partial charge in [-0.15, -0.1) is 0 Å². The van der Waals surface area contributed by atoms with Crippen LogP contribution in [0.2, 0.25) is 5.02 Å². The van der Waals surface area contributed by atoms with E-state index in [-0.39, 0.29) is 31.4 Å². The van der Waals surface area contributed by atoms with E-state index in [1.807, 2.05) is 0 Å². The van der Waals surface area contributed by atoms with Crippen molar-refractivity contribution in [3.8, 4) is 0 Å². The van der Waals surface area contributed by atoms with Crippen LogP contribution in [-0.4, -0.2) is 47.7 Å². The van der Waals surface area contributed by atoms with Crippen LogP contribution in [0, 0.1) is 0 Å². The second kappa shape index (κ2) is 8.64. The molecule has 6 heteroatoms. The van der Waals surface area contributed by atoms with Gasteiger partial charge >= 0.3 is 5.97 Å². The molecule has 1 N–H and O–H groups in total. The maximum atomic E-state index is 12.4. The summed E-state index contributed by atoms with van der Waals surface area (Å²) in [5.74, 6) is -0.617.